The first-order valence-corrected chi connectivity index (χ1v) is 11.5. The summed E-state index contributed by atoms with van der Waals surface area (Å²) >= 11 is 0. The van der Waals surface area contributed by atoms with Crippen molar-refractivity contribution in [2.75, 3.05) is 53.1 Å². The largest absolute Gasteiger partial charge is 0.495 e. The Labute approximate surface area is 176 Å². The number of hydrogen-bond acceptors (Lipinski definition) is 7. The molecule has 1 aromatic carbocycles. The zero-order valence-corrected chi connectivity index (χ0v) is 18.2. The van der Waals surface area contributed by atoms with Crippen LogP contribution in [0.5, 0.6) is 5.75 Å². The fourth-order valence-electron chi connectivity index (χ4n) is 3.65. The van der Waals surface area contributed by atoms with Gasteiger partial charge in [0.25, 0.3) is 5.91 Å². The monoisotopic (exact) mass is 440 g/mol. The molecule has 0 radical (unpaired) electrons. The van der Waals surface area contributed by atoms with Crippen LogP contribution < -0.4 is 4.74 Å². The predicted molar refractivity (Wildman–Crippen MR) is 108 cm³/mol. The van der Waals surface area contributed by atoms with Crippen molar-refractivity contribution in [2.45, 2.75) is 24.7 Å². The quantitative estimate of drug-likeness (QED) is 0.611. The summed E-state index contributed by atoms with van der Waals surface area (Å²) in [4.78, 5) is 26.4. The molecule has 3 rings (SSSR count). The van der Waals surface area contributed by atoms with Gasteiger partial charge < -0.3 is 19.1 Å². The molecule has 0 aliphatic carbocycles. The zero-order valence-electron chi connectivity index (χ0n) is 17.3. The number of ether oxygens (including phenoxy) is 3. The number of morpholine rings is 1. The number of methoxy groups -OCH3 is 1. The van der Waals surface area contributed by atoms with E-state index in [0.717, 1.165) is 12.8 Å². The van der Waals surface area contributed by atoms with Gasteiger partial charge in [0, 0.05) is 26.2 Å². The molecule has 0 N–H and O–H groups in total. The highest BCUT2D eigenvalue weighted by molar-refractivity contribution is 7.89. The van der Waals surface area contributed by atoms with E-state index >= 15 is 0 Å². The fraction of sp³-hybridized carbons (Fsp3) is 0.600. The standard InChI is InChI=1S/C20H28N2O7S/c1-15-4-3-7-21(13-15)19(23)14-29-20(24)16-5-6-17(27-2)18(12-16)30(25,26)22-8-10-28-11-9-22/h5-6,12,15H,3-4,7-11,13-14H2,1-2H3/t15-/m0/s1. The van der Waals surface area contributed by atoms with Gasteiger partial charge in [0.15, 0.2) is 6.61 Å². The lowest BCUT2D eigenvalue weighted by molar-refractivity contribution is -0.136. The molecule has 10 heteroatoms. The van der Waals surface area contributed by atoms with Crippen LogP contribution >= 0.6 is 0 Å². The molecule has 0 unspecified atom stereocenters. The molecular weight excluding hydrogens is 412 g/mol. The number of amides is 1. The van der Waals surface area contributed by atoms with Crippen molar-refractivity contribution in [3.63, 3.8) is 0 Å². The Morgan fingerprint density at radius 2 is 1.93 bits per heavy atom. The zero-order chi connectivity index (χ0) is 21.7. The van der Waals surface area contributed by atoms with Crippen LogP contribution in [0, 0.1) is 5.92 Å². The average Bonchev–Trinajstić information content (AvgIpc) is 2.77. The van der Waals surface area contributed by atoms with Crippen LogP contribution in [0.1, 0.15) is 30.1 Å². The lowest BCUT2D eigenvalue weighted by Crippen LogP contribution is -2.41. The van der Waals surface area contributed by atoms with E-state index in [2.05, 4.69) is 6.92 Å². The molecule has 30 heavy (non-hydrogen) atoms. The van der Waals surface area contributed by atoms with Crippen molar-refractivity contribution in [1.29, 1.82) is 0 Å². The van der Waals surface area contributed by atoms with Gasteiger partial charge in [0.05, 0.1) is 25.9 Å². The Morgan fingerprint density at radius 3 is 2.60 bits per heavy atom. The van der Waals surface area contributed by atoms with Crippen molar-refractivity contribution in [3.05, 3.63) is 23.8 Å². The molecular formula is C20H28N2O7S. The third-order valence-electron chi connectivity index (χ3n) is 5.32. The molecule has 1 amide bonds. The van der Waals surface area contributed by atoms with Gasteiger partial charge in [0.1, 0.15) is 10.6 Å². The minimum Gasteiger partial charge on any atom is -0.495 e. The predicted octanol–water partition coefficient (Wildman–Crippen LogP) is 1.13. The number of piperidine rings is 1. The molecule has 2 aliphatic rings. The van der Waals surface area contributed by atoms with Gasteiger partial charge >= 0.3 is 5.97 Å². The molecule has 2 fully saturated rings. The third-order valence-corrected chi connectivity index (χ3v) is 7.24. The normalized spacial score (nSPS) is 20.6. The van der Waals surface area contributed by atoms with Crippen molar-refractivity contribution < 1.29 is 32.2 Å². The second-order valence-corrected chi connectivity index (χ2v) is 9.45. The van der Waals surface area contributed by atoms with Crippen LogP contribution in [-0.4, -0.2) is 82.6 Å². The first-order valence-electron chi connectivity index (χ1n) is 10.0. The van der Waals surface area contributed by atoms with Crippen molar-refractivity contribution in [3.8, 4) is 5.75 Å². The minimum absolute atomic E-state index is 0.0439. The van der Waals surface area contributed by atoms with Crippen LogP contribution in [0.4, 0.5) is 0 Å². The molecule has 1 aromatic rings. The van der Waals surface area contributed by atoms with Gasteiger partial charge in [-0.3, -0.25) is 4.79 Å². The van der Waals surface area contributed by atoms with Crippen LogP contribution in [0.2, 0.25) is 0 Å². The van der Waals surface area contributed by atoms with Crippen LogP contribution in [0.25, 0.3) is 0 Å². The number of carbonyl (C=O) groups excluding carboxylic acids is 2. The van der Waals surface area contributed by atoms with E-state index in [9.17, 15) is 18.0 Å². The summed E-state index contributed by atoms with van der Waals surface area (Å²) in [5, 5.41) is 0. The van der Waals surface area contributed by atoms with Gasteiger partial charge in [-0.15, -0.1) is 0 Å². The van der Waals surface area contributed by atoms with Gasteiger partial charge in [-0.05, 0) is 37.0 Å². The summed E-state index contributed by atoms with van der Waals surface area (Å²) in [7, 11) is -2.50. The molecule has 2 aliphatic heterocycles. The first kappa shape index (κ1) is 22.5. The Hall–Kier alpha value is -2.17. The average molecular weight is 441 g/mol. The van der Waals surface area contributed by atoms with Gasteiger partial charge in [-0.1, -0.05) is 6.92 Å². The number of carbonyl (C=O) groups is 2. The number of rotatable bonds is 6. The van der Waals surface area contributed by atoms with Crippen LogP contribution in [0.15, 0.2) is 23.1 Å². The molecule has 166 valence electrons. The van der Waals surface area contributed by atoms with E-state index in [1.807, 2.05) is 0 Å². The van der Waals surface area contributed by atoms with Gasteiger partial charge in [-0.2, -0.15) is 4.31 Å². The number of nitrogens with zero attached hydrogens (tertiary/aromatic N) is 2. The van der Waals surface area contributed by atoms with Crippen molar-refractivity contribution in [2.24, 2.45) is 5.92 Å². The number of benzene rings is 1. The van der Waals surface area contributed by atoms with Crippen LogP contribution in [-0.2, 0) is 24.3 Å². The summed E-state index contributed by atoms with van der Waals surface area (Å²) in [6, 6.07) is 4.07. The summed E-state index contributed by atoms with van der Waals surface area (Å²) in [5.74, 6) is -0.441. The second kappa shape index (κ2) is 9.76. The van der Waals surface area contributed by atoms with E-state index in [4.69, 9.17) is 14.2 Å². The Balaban J connectivity index is 1.72. The van der Waals surface area contributed by atoms with E-state index in [-0.39, 0.29) is 41.8 Å². The molecule has 1 atom stereocenters. The van der Waals surface area contributed by atoms with E-state index in [0.29, 0.717) is 32.2 Å². The highest BCUT2D eigenvalue weighted by Gasteiger charge is 2.30. The SMILES string of the molecule is COc1ccc(C(=O)OCC(=O)N2CCC[C@H](C)C2)cc1S(=O)(=O)N1CCOCC1. The maximum Gasteiger partial charge on any atom is 0.338 e. The maximum absolute atomic E-state index is 13.0. The summed E-state index contributed by atoms with van der Waals surface area (Å²) in [6.45, 7) is 4.08. The lowest BCUT2D eigenvalue weighted by Gasteiger charge is -2.30. The number of sulfonamides is 1. The van der Waals surface area contributed by atoms with Crippen molar-refractivity contribution >= 4 is 21.9 Å². The summed E-state index contributed by atoms with van der Waals surface area (Å²) in [5.41, 5.74) is 0.0439. The maximum atomic E-state index is 13.0. The molecule has 0 aromatic heterocycles. The summed E-state index contributed by atoms with van der Waals surface area (Å²) in [6.07, 6.45) is 2.01. The smallest absolute Gasteiger partial charge is 0.338 e. The summed E-state index contributed by atoms with van der Waals surface area (Å²) < 4.78 is 42.9. The molecule has 0 bridgehead atoms. The van der Waals surface area contributed by atoms with Gasteiger partial charge in [-0.25, -0.2) is 13.2 Å². The Kier molecular flexibility index (Phi) is 7.32. The molecule has 0 saturated carbocycles. The van der Waals surface area contributed by atoms with Crippen LogP contribution in [0.3, 0.4) is 0 Å². The topological polar surface area (TPSA) is 102 Å². The minimum atomic E-state index is -3.87. The van der Waals surface area contributed by atoms with E-state index in [1.54, 1.807) is 4.90 Å². The fourth-order valence-corrected chi connectivity index (χ4v) is 5.24. The highest BCUT2D eigenvalue weighted by Crippen LogP contribution is 2.28. The number of esters is 1. The van der Waals surface area contributed by atoms with E-state index < -0.39 is 16.0 Å². The lowest BCUT2D eigenvalue weighted by atomic mass is 10.0. The molecule has 2 heterocycles. The number of likely N-dealkylation sites (tertiary alicyclic amines) is 1. The van der Waals surface area contributed by atoms with E-state index in [1.165, 1.54) is 29.6 Å². The third kappa shape index (κ3) is 5.11. The highest BCUT2D eigenvalue weighted by atomic mass is 32.2. The van der Waals surface area contributed by atoms with Crippen molar-refractivity contribution in [1.82, 2.24) is 9.21 Å². The number of hydrogen-bond donors (Lipinski definition) is 0. The van der Waals surface area contributed by atoms with Gasteiger partial charge in [0.2, 0.25) is 10.0 Å². The Bertz CT molecular complexity index is 881. The Morgan fingerprint density at radius 1 is 1.20 bits per heavy atom. The molecule has 0 spiro atoms. The first-order chi connectivity index (χ1) is 14.3. The molecule has 2 saturated heterocycles. The molecule has 9 nitrogen and oxygen atoms in total. The second-order valence-electron chi connectivity index (χ2n) is 7.55.